The molecule has 0 amide bonds. The van der Waals surface area contributed by atoms with Crippen LogP contribution in [0.4, 0.5) is 4.39 Å². The summed E-state index contributed by atoms with van der Waals surface area (Å²) in [6, 6.07) is 4.70. The Kier molecular flexibility index (Phi) is 2.81. The van der Waals surface area contributed by atoms with Crippen molar-refractivity contribution in [3.05, 3.63) is 29.0 Å². The lowest BCUT2D eigenvalue weighted by Crippen LogP contribution is -2.55. The Morgan fingerprint density at radius 2 is 2.06 bits per heavy atom. The lowest BCUT2D eigenvalue weighted by atomic mass is 9.63. The quantitative estimate of drug-likeness (QED) is 0.816. The van der Waals surface area contributed by atoms with Gasteiger partial charge in [-0.2, -0.15) is 0 Å². The second-order valence-corrected chi connectivity index (χ2v) is 5.56. The van der Waals surface area contributed by atoms with Crippen molar-refractivity contribution in [1.29, 1.82) is 0 Å². The van der Waals surface area contributed by atoms with Gasteiger partial charge >= 0.3 is 0 Å². The average molecular weight is 269 g/mol. The molecule has 0 saturated heterocycles. The van der Waals surface area contributed by atoms with Crippen LogP contribution in [0.25, 0.3) is 0 Å². The highest BCUT2D eigenvalue weighted by Crippen LogP contribution is 2.52. The Labute approximate surface area is 110 Å². The van der Waals surface area contributed by atoms with Crippen LogP contribution >= 0.6 is 11.6 Å². The fourth-order valence-corrected chi connectivity index (χ4v) is 3.27. The summed E-state index contributed by atoms with van der Waals surface area (Å²) in [6.07, 6.45) is 4.08. The Hall–Kier alpha value is -1.09. The minimum atomic E-state index is -0.535. The van der Waals surface area contributed by atoms with E-state index in [-0.39, 0.29) is 28.1 Å². The van der Waals surface area contributed by atoms with Crippen molar-refractivity contribution < 1.29 is 13.9 Å². The smallest absolute Gasteiger partial charge is 0.183 e. The number of ketones is 1. The zero-order valence-corrected chi connectivity index (χ0v) is 10.7. The van der Waals surface area contributed by atoms with Crippen molar-refractivity contribution >= 4 is 17.4 Å². The van der Waals surface area contributed by atoms with Gasteiger partial charge in [0.2, 0.25) is 0 Å². The predicted molar refractivity (Wildman–Crippen MR) is 66.4 cm³/mol. The molecule has 1 atom stereocenters. The van der Waals surface area contributed by atoms with Crippen LogP contribution in [0.1, 0.15) is 32.1 Å². The summed E-state index contributed by atoms with van der Waals surface area (Å²) in [5.41, 5.74) is -0.339. The number of carbonyl (C=O) groups excluding carboxylic acids is 1. The van der Waals surface area contributed by atoms with Gasteiger partial charge in [0.25, 0.3) is 0 Å². The van der Waals surface area contributed by atoms with E-state index in [2.05, 4.69) is 0 Å². The van der Waals surface area contributed by atoms with Crippen molar-refractivity contribution in [2.45, 2.75) is 38.2 Å². The van der Waals surface area contributed by atoms with Gasteiger partial charge in [-0.3, -0.25) is 4.79 Å². The van der Waals surface area contributed by atoms with Gasteiger partial charge in [-0.05, 0) is 25.0 Å². The second kappa shape index (κ2) is 4.23. The second-order valence-electron chi connectivity index (χ2n) is 5.15. The molecule has 2 aliphatic carbocycles. The van der Waals surface area contributed by atoms with E-state index in [1.165, 1.54) is 6.07 Å². The van der Waals surface area contributed by atoms with Gasteiger partial charge in [-0.25, -0.2) is 4.39 Å². The molecule has 18 heavy (non-hydrogen) atoms. The SMILES string of the molecule is O=C1CC(Oc2cccc(Cl)c2F)C12CCCC2. The fraction of sp³-hybridized carbons (Fsp3) is 0.500. The molecule has 1 unspecified atom stereocenters. The molecule has 1 spiro atoms. The maximum absolute atomic E-state index is 13.8. The molecule has 0 N–H and O–H groups in total. The van der Waals surface area contributed by atoms with Crippen LogP contribution in [-0.2, 0) is 4.79 Å². The number of rotatable bonds is 2. The van der Waals surface area contributed by atoms with Gasteiger partial charge in [-0.1, -0.05) is 30.5 Å². The van der Waals surface area contributed by atoms with E-state index < -0.39 is 5.82 Å². The van der Waals surface area contributed by atoms with E-state index in [0.29, 0.717) is 6.42 Å². The number of ether oxygens (including phenoxy) is 1. The van der Waals surface area contributed by atoms with Crippen LogP contribution in [-0.4, -0.2) is 11.9 Å². The van der Waals surface area contributed by atoms with Crippen LogP contribution in [0, 0.1) is 11.2 Å². The summed E-state index contributed by atoms with van der Waals surface area (Å²) in [4.78, 5) is 11.8. The fourth-order valence-electron chi connectivity index (χ4n) is 3.10. The molecule has 0 radical (unpaired) electrons. The van der Waals surface area contributed by atoms with Crippen molar-refractivity contribution in [3.63, 3.8) is 0 Å². The first-order valence-electron chi connectivity index (χ1n) is 6.27. The first-order chi connectivity index (χ1) is 8.63. The van der Waals surface area contributed by atoms with Crippen LogP contribution < -0.4 is 4.74 Å². The number of hydrogen-bond acceptors (Lipinski definition) is 2. The van der Waals surface area contributed by atoms with Gasteiger partial charge in [0, 0.05) is 6.42 Å². The number of carbonyl (C=O) groups is 1. The molecule has 2 saturated carbocycles. The average Bonchev–Trinajstić information content (AvgIpc) is 2.86. The molecule has 2 aliphatic rings. The van der Waals surface area contributed by atoms with Crippen LogP contribution in [0.15, 0.2) is 18.2 Å². The summed E-state index contributed by atoms with van der Waals surface area (Å²) in [7, 11) is 0. The molecular weight excluding hydrogens is 255 g/mol. The van der Waals surface area contributed by atoms with E-state index in [9.17, 15) is 9.18 Å². The minimum absolute atomic E-state index is 0.0543. The zero-order chi connectivity index (χ0) is 12.8. The maximum Gasteiger partial charge on any atom is 0.183 e. The first kappa shape index (κ1) is 12.0. The maximum atomic E-state index is 13.8. The van der Waals surface area contributed by atoms with Crippen molar-refractivity contribution in [1.82, 2.24) is 0 Å². The largest absolute Gasteiger partial charge is 0.486 e. The molecule has 1 aromatic carbocycles. The van der Waals surface area contributed by atoms with E-state index in [0.717, 1.165) is 25.7 Å². The van der Waals surface area contributed by atoms with Gasteiger partial charge in [0.05, 0.1) is 10.4 Å². The zero-order valence-electron chi connectivity index (χ0n) is 9.92. The summed E-state index contributed by atoms with van der Waals surface area (Å²) in [6.45, 7) is 0. The van der Waals surface area contributed by atoms with Crippen molar-refractivity contribution in [2.75, 3.05) is 0 Å². The Balaban J connectivity index is 1.81. The molecule has 4 heteroatoms. The molecule has 2 nitrogen and oxygen atoms in total. The standard InChI is InChI=1S/C14H14ClFO2/c15-9-4-3-5-10(13(9)16)18-12-8-11(17)14(12)6-1-2-7-14/h3-5,12H,1-2,6-8H2. The third-order valence-electron chi connectivity index (χ3n) is 4.22. The van der Waals surface area contributed by atoms with E-state index >= 15 is 0 Å². The highest BCUT2D eigenvalue weighted by atomic mass is 35.5. The van der Waals surface area contributed by atoms with Gasteiger partial charge in [0.15, 0.2) is 11.6 Å². The summed E-state index contributed by atoms with van der Waals surface area (Å²) < 4.78 is 19.4. The lowest BCUT2D eigenvalue weighted by molar-refractivity contribution is -0.151. The van der Waals surface area contributed by atoms with Crippen LogP contribution in [0.5, 0.6) is 5.75 Å². The van der Waals surface area contributed by atoms with Crippen LogP contribution in [0.3, 0.4) is 0 Å². The summed E-state index contributed by atoms with van der Waals surface area (Å²) in [5, 5.41) is 0.0543. The van der Waals surface area contributed by atoms with Crippen LogP contribution in [0.2, 0.25) is 5.02 Å². The predicted octanol–water partition coefficient (Wildman–Crippen LogP) is 3.76. The molecule has 1 aromatic rings. The molecule has 0 heterocycles. The normalized spacial score (nSPS) is 25.2. The molecular formula is C14H14ClFO2. The molecule has 96 valence electrons. The van der Waals surface area contributed by atoms with E-state index in [1.54, 1.807) is 12.1 Å². The first-order valence-corrected chi connectivity index (χ1v) is 6.65. The molecule has 0 aliphatic heterocycles. The molecule has 2 fully saturated rings. The Morgan fingerprint density at radius 1 is 1.33 bits per heavy atom. The van der Waals surface area contributed by atoms with E-state index in [1.807, 2.05) is 0 Å². The molecule has 3 rings (SSSR count). The third kappa shape index (κ3) is 1.64. The number of Topliss-reactive ketones (excluding diaryl/α,β-unsaturated/α-hetero) is 1. The summed E-state index contributed by atoms with van der Waals surface area (Å²) in [5.74, 6) is -0.106. The highest BCUT2D eigenvalue weighted by Gasteiger charge is 2.57. The third-order valence-corrected chi connectivity index (χ3v) is 4.52. The molecule has 0 bridgehead atoms. The van der Waals surface area contributed by atoms with Gasteiger partial charge in [-0.15, -0.1) is 0 Å². The minimum Gasteiger partial charge on any atom is -0.486 e. The number of benzene rings is 1. The highest BCUT2D eigenvalue weighted by molar-refractivity contribution is 6.30. The van der Waals surface area contributed by atoms with Crippen molar-refractivity contribution in [3.8, 4) is 5.75 Å². The summed E-state index contributed by atoms with van der Waals surface area (Å²) >= 11 is 5.72. The van der Waals surface area contributed by atoms with Gasteiger partial charge in [0.1, 0.15) is 11.9 Å². The van der Waals surface area contributed by atoms with Crippen molar-refractivity contribution in [2.24, 2.45) is 5.41 Å². The van der Waals surface area contributed by atoms with Gasteiger partial charge < -0.3 is 4.74 Å². The Morgan fingerprint density at radius 3 is 2.72 bits per heavy atom. The Bertz CT molecular complexity index is 495. The number of hydrogen-bond donors (Lipinski definition) is 0. The topological polar surface area (TPSA) is 26.3 Å². The lowest BCUT2D eigenvalue weighted by Gasteiger charge is -2.44. The molecule has 0 aromatic heterocycles. The van der Waals surface area contributed by atoms with E-state index in [4.69, 9.17) is 16.3 Å². The number of halogens is 2. The monoisotopic (exact) mass is 268 g/mol.